The van der Waals surface area contributed by atoms with Crippen LogP contribution in [-0.2, 0) is 14.3 Å². The first-order valence-electron chi connectivity index (χ1n) is 7.37. The Balaban J connectivity index is 4.92. The van der Waals surface area contributed by atoms with E-state index in [9.17, 15) is 14.4 Å². The molecule has 0 saturated heterocycles. The number of carboxylic acids is 1. The summed E-state index contributed by atoms with van der Waals surface area (Å²) in [5.74, 6) is -2.13. The van der Waals surface area contributed by atoms with Crippen LogP contribution in [-0.4, -0.2) is 40.8 Å². The molecule has 0 aliphatic heterocycles. The molecule has 0 rings (SSSR count). The van der Waals surface area contributed by atoms with E-state index in [2.05, 4.69) is 10.6 Å². The van der Waals surface area contributed by atoms with E-state index in [1.165, 1.54) is 0 Å². The number of hydrogen-bond acceptors (Lipinski definition) is 4. The minimum Gasteiger partial charge on any atom is -0.480 e. The Morgan fingerprint density at radius 2 is 1.36 bits per heavy atom. The number of carboxylic acid groups (broad SMARTS) is 1. The summed E-state index contributed by atoms with van der Waals surface area (Å²) in [5.41, 5.74) is -0.677. The van der Waals surface area contributed by atoms with E-state index < -0.39 is 35.7 Å². The molecule has 0 bridgehead atoms. The molecule has 0 aromatic carbocycles. The molecule has 0 heterocycles. The lowest BCUT2D eigenvalue weighted by Gasteiger charge is -2.27. The third kappa shape index (κ3) is 7.28. The van der Waals surface area contributed by atoms with Crippen molar-refractivity contribution >= 4 is 18.0 Å². The lowest BCUT2D eigenvalue weighted by atomic mass is 10.0. The molecule has 0 spiro atoms. The molecule has 2 amide bonds. The van der Waals surface area contributed by atoms with E-state index in [1.807, 2.05) is 0 Å². The van der Waals surface area contributed by atoms with Gasteiger partial charge in [-0.15, -0.1) is 0 Å². The van der Waals surface area contributed by atoms with Crippen LogP contribution in [0.25, 0.3) is 0 Å². The summed E-state index contributed by atoms with van der Waals surface area (Å²) in [7, 11) is 0. The van der Waals surface area contributed by atoms with Crippen LogP contribution < -0.4 is 10.6 Å². The van der Waals surface area contributed by atoms with Gasteiger partial charge in [-0.1, -0.05) is 27.7 Å². The minimum atomic E-state index is -1.11. The smallest absolute Gasteiger partial charge is 0.408 e. The second kappa shape index (κ2) is 8.00. The maximum atomic E-state index is 12.3. The van der Waals surface area contributed by atoms with Crippen molar-refractivity contribution in [3.63, 3.8) is 0 Å². The van der Waals surface area contributed by atoms with Gasteiger partial charge < -0.3 is 20.5 Å². The largest absolute Gasteiger partial charge is 0.480 e. The van der Waals surface area contributed by atoms with Crippen molar-refractivity contribution < 1.29 is 24.2 Å². The monoisotopic (exact) mass is 316 g/mol. The van der Waals surface area contributed by atoms with E-state index in [0.717, 1.165) is 0 Å². The zero-order valence-electron chi connectivity index (χ0n) is 14.4. The molecule has 0 fully saturated rings. The Labute approximate surface area is 131 Å². The maximum absolute atomic E-state index is 12.3. The summed E-state index contributed by atoms with van der Waals surface area (Å²) < 4.78 is 5.12. The molecule has 3 N–H and O–H groups in total. The lowest BCUT2D eigenvalue weighted by Crippen LogP contribution is -2.55. The lowest BCUT2D eigenvalue weighted by molar-refractivity contribution is -0.143. The zero-order chi connectivity index (χ0) is 17.7. The summed E-state index contributed by atoms with van der Waals surface area (Å²) in [6, 6.07) is -1.87. The van der Waals surface area contributed by atoms with Gasteiger partial charge in [0.15, 0.2) is 0 Å². The van der Waals surface area contributed by atoms with Crippen molar-refractivity contribution in [1.82, 2.24) is 10.6 Å². The Bertz CT molecular complexity index is 413. The number of aliphatic carboxylic acids is 1. The van der Waals surface area contributed by atoms with Crippen molar-refractivity contribution in [2.24, 2.45) is 11.8 Å². The molecule has 0 aliphatic carbocycles. The van der Waals surface area contributed by atoms with Gasteiger partial charge in [-0.25, -0.2) is 9.59 Å². The molecule has 0 radical (unpaired) electrons. The number of alkyl carbamates (subject to hydrolysis) is 1. The average Bonchev–Trinajstić information content (AvgIpc) is 2.29. The fraction of sp³-hybridized carbons (Fsp3) is 0.800. The number of rotatable bonds is 6. The minimum absolute atomic E-state index is 0.214. The van der Waals surface area contributed by atoms with Crippen molar-refractivity contribution in [2.75, 3.05) is 0 Å². The second-order valence-electron chi connectivity index (χ2n) is 6.94. The molecule has 0 saturated carbocycles. The summed E-state index contributed by atoms with van der Waals surface area (Å²) in [5, 5.41) is 14.1. The van der Waals surface area contributed by atoms with Gasteiger partial charge >= 0.3 is 12.1 Å². The number of amides is 2. The number of carbonyl (C=O) groups excluding carboxylic acids is 2. The molecule has 128 valence electrons. The van der Waals surface area contributed by atoms with Gasteiger partial charge in [0.2, 0.25) is 5.91 Å². The number of ether oxygens (including phenoxy) is 1. The fourth-order valence-corrected chi connectivity index (χ4v) is 1.73. The molecular formula is C15H28N2O5. The Hall–Kier alpha value is -1.79. The van der Waals surface area contributed by atoms with Gasteiger partial charge in [0.05, 0.1) is 0 Å². The third-order valence-corrected chi connectivity index (χ3v) is 2.85. The topological polar surface area (TPSA) is 105 Å². The third-order valence-electron chi connectivity index (χ3n) is 2.85. The normalized spacial score (nSPS) is 14.4. The van der Waals surface area contributed by atoms with E-state index in [4.69, 9.17) is 9.84 Å². The van der Waals surface area contributed by atoms with Crippen LogP contribution in [0.2, 0.25) is 0 Å². The summed E-state index contributed by atoms with van der Waals surface area (Å²) >= 11 is 0. The van der Waals surface area contributed by atoms with Gasteiger partial charge in [-0.2, -0.15) is 0 Å². The fourth-order valence-electron chi connectivity index (χ4n) is 1.73. The molecule has 0 aliphatic rings. The predicted molar refractivity (Wildman–Crippen MR) is 82.4 cm³/mol. The van der Waals surface area contributed by atoms with Crippen molar-refractivity contribution in [1.29, 1.82) is 0 Å². The average molecular weight is 316 g/mol. The van der Waals surface area contributed by atoms with Gasteiger partial charge in [-0.3, -0.25) is 4.79 Å². The Morgan fingerprint density at radius 1 is 0.909 bits per heavy atom. The van der Waals surface area contributed by atoms with Crippen molar-refractivity contribution in [3.8, 4) is 0 Å². The first kappa shape index (κ1) is 20.2. The van der Waals surface area contributed by atoms with E-state index in [1.54, 1.807) is 48.5 Å². The highest BCUT2D eigenvalue weighted by Crippen LogP contribution is 2.10. The molecule has 0 aromatic rings. The second-order valence-corrected chi connectivity index (χ2v) is 6.94. The Kier molecular flexibility index (Phi) is 7.35. The molecule has 7 nitrogen and oxygen atoms in total. The van der Waals surface area contributed by atoms with Crippen LogP contribution >= 0.6 is 0 Å². The molecule has 0 aromatic heterocycles. The highest BCUT2D eigenvalue weighted by molar-refractivity contribution is 5.89. The van der Waals surface area contributed by atoms with Gasteiger partial charge in [-0.05, 0) is 32.6 Å². The molecule has 1 unspecified atom stereocenters. The summed E-state index contributed by atoms with van der Waals surface area (Å²) in [6.45, 7) is 12.1. The highest BCUT2D eigenvalue weighted by atomic mass is 16.6. The van der Waals surface area contributed by atoms with Gasteiger partial charge in [0.25, 0.3) is 0 Å². The first-order valence-corrected chi connectivity index (χ1v) is 7.37. The van der Waals surface area contributed by atoms with Crippen molar-refractivity contribution in [2.45, 2.75) is 66.2 Å². The van der Waals surface area contributed by atoms with Gasteiger partial charge in [0.1, 0.15) is 17.7 Å². The number of nitrogens with one attached hydrogen (secondary N) is 2. The molecule has 22 heavy (non-hydrogen) atoms. The molecule has 2 atom stereocenters. The van der Waals surface area contributed by atoms with Gasteiger partial charge in [0, 0.05) is 0 Å². The predicted octanol–water partition coefficient (Wildman–Crippen LogP) is 1.76. The van der Waals surface area contributed by atoms with Crippen LogP contribution in [0.15, 0.2) is 0 Å². The van der Waals surface area contributed by atoms with Crippen LogP contribution in [0.1, 0.15) is 48.5 Å². The summed E-state index contributed by atoms with van der Waals surface area (Å²) in [4.78, 5) is 35.2. The van der Waals surface area contributed by atoms with Crippen LogP contribution in [0.5, 0.6) is 0 Å². The molecule has 7 heteroatoms. The molecular weight excluding hydrogens is 288 g/mol. The SMILES string of the molecule is CC(C)C(NC(=O)[C@@H](NC(=O)OC(C)(C)C)C(C)C)C(=O)O. The van der Waals surface area contributed by atoms with E-state index in [0.29, 0.717) is 0 Å². The standard InChI is InChI=1S/C15H28N2O5/c1-8(2)10(17-14(21)22-15(5,6)7)12(18)16-11(9(3)4)13(19)20/h8-11H,1-7H3,(H,16,18)(H,17,21)(H,19,20)/t10-,11?/m0/s1. The van der Waals surface area contributed by atoms with Crippen LogP contribution in [0, 0.1) is 11.8 Å². The highest BCUT2D eigenvalue weighted by Gasteiger charge is 2.31. The van der Waals surface area contributed by atoms with E-state index >= 15 is 0 Å². The van der Waals surface area contributed by atoms with Crippen LogP contribution in [0.3, 0.4) is 0 Å². The number of carbonyl (C=O) groups is 3. The number of hydrogen-bond donors (Lipinski definition) is 3. The quantitative estimate of drug-likeness (QED) is 0.692. The summed E-state index contributed by atoms with van der Waals surface area (Å²) in [6.07, 6.45) is -0.710. The Morgan fingerprint density at radius 3 is 1.68 bits per heavy atom. The zero-order valence-corrected chi connectivity index (χ0v) is 14.4. The van der Waals surface area contributed by atoms with Crippen LogP contribution in [0.4, 0.5) is 4.79 Å². The van der Waals surface area contributed by atoms with Crippen molar-refractivity contribution in [3.05, 3.63) is 0 Å². The maximum Gasteiger partial charge on any atom is 0.408 e. The van der Waals surface area contributed by atoms with E-state index in [-0.39, 0.29) is 11.8 Å². The first-order chi connectivity index (χ1) is 9.85.